The third-order valence-electron chi connectivity index (χ3n) is 5.59. The maximum Gasteiger partial charge on any atom is 0.194 e. The number of methoxy groups -OCH3 is 1. The highest BCUT2D eigenvalue weighted by molar-refractivity contribution is 7.99. The van der Waals surface area contributed by atoms with E-state index in [1.165, 1.54) is 25.1 Å². The average Bonchev–Trinajstić information content (AvgIpc) is 3.31. The molecule has 0 aliphatic carbocycles. The van der Waals surface area contributed by atoms with Crippen molar-refractivity contribution in [2.24, 2.45) is 0 Å². The van der Waals surface area contributed by atoms with E-state index < -0.39 is 29.0 Å². The lowest BCUT2D eigenvalue weighted by molar-refractivity contribution is -0.198. The van der Waals surface area contributed by atoms with Crippen molar-refractivity contribution in [3.8, 4) is 17.2 Å². The summed E-state index contributed by atoms with van der Waals surface area (Å²) in [6, 6.07) is 8.95. The molecule has 0 radical (unpaired) electrons. The summed E-state index contributed by atoms with van der Waals surface area (Å²) in [4.78, 5) is 0.637. The van der Waals surface area contributed by atoms with Gasteiger partial charge in [-0.15, -0.1) is 0 Å². The lowest BCUT2D eigenvalue weighted by Gasteiger charge is -2.38. The maximum absolute atomic E-state index is 13.7. The van der Waals surface area contributed by atoms with Gasteiger partial charge in [0.15, 0.2) is 17.5 Å². The highest BCUT2D eigenvalue weighted by atomic mass is 35.5. The number of ether oxygens (including phenoxy) is 3. The Kier molecular flexibility index (Phi) is 8.04. The molecule has 1 aromatic heterocycles. The second kappa shape index (κ2) is 11.0. The van der Waals surface area contributed by atoms with Gasteiger partial charge in [0.25, 0.3) is 0 Å². The molecule has 1 saturated heterocycles. The maximum atomic E-state index is 13.7. The molecule has 1 fully saturated rings. The Labute approximate surface area is 209 Å². The Balaban J connectivity index is 1.57. The summed E-state index contributed by atoms with van der Waals surface area (Å²) in [5, 5.41) is 14.3. The number of nitrogens with zero attached hydrogens (tertiary/aromatic N) is 3. The van der Waals surface area contributed by atoms with Crippen molar-refractivity contribution in [2.75, 3.05) is 13.7 Å². The van der Waals surface area contributed by atoms with Gasteiger partial charge in [-0.2, -0.15) is 10.4 Å². The summed E-state index contributed by atoms with van der Waals surface area (Å²) >= 11 is 7.46. The number of benzene rings is 2. The van der Waals surface area contributed by atoms with Gasteiger partial charge in [-0.3, -0.25) is 4.68 Å². The van der Waals surface area contributed by atoms with Crippen molar-refractivity contribution in [1.82, 2.24) is 9.78 Å². The number of halogens is 4. The molecule has 0 N–H and O–H groups in total. The van der Waals surface area contributed by atoms with Gasteiger partial charge in [-0.1, -0.05) is 23.4 Å². The summed E-state index contributed by atoms with van der Waals surface area (Å²) in [5.41, 5.74) is 0.449. The number of rotatable bonds is 9. The van der Waals surface area contributed by atoms with Crippen LogP contribution >= 0.6 is 23.4 Å². The van der Waals surface area contributed by atoms with Crippen LogP contribution in [0.2, 0.25) is 5.02 Å². The van der Waals surface area contributed by atoms with E-state index in [1.807, 2.05) is 6.92 Å². The monoisotopic (exact) mass is 523 g/mol. The molecule has 0 amide bonds. The van der Waals surface area contributed by atoms with Crippen molar-refractivity contribution < 1.29 is 27.4 Å². The molecule has 6 nitrogen and oxygen atoms in total. The van der Waals surface area contributed by atoms with Gasteiger partial charge >= 0.3 is 0 Å². The lowest BCUT2D eigenvalue weighted by atomic mass is 10.1. The van der Waals surface area contributed by atoms with E-state index in [2.05, 4.69) is 11.2 Å². The fourth-order valence-corrected chi connectivity index (χ4v) is 4.95. The van der Waals surface area contributed by atoms with Crippen LogP contribution in [-0.2, 0) is 20.8 Å². The molecule has 35 heavy (non-hydrogen) atoms. The predicted octanol–water partition coefficient (Wildman–Crippen LogP) is 5.43. The molecule has 184 valence electrons. The van der Waals surface area contributed by atoms with Crippen LogP contribution < -0.4 is 0 Å². The third-order valence-corrected chi connectivity index (χ3v) is 7.06. The van der Waals surface area contributed by atoms with E-state index in [-0.39, 0.29) is 24.3 Å². The Morgan fingerprint density at radius 1 is 1.26 bits per heavy atom. The van der Waals surface area contributed by atoms with Crippen LogP contribution in [-0.4, -0.2) is 47.2 Å². The van der Waals surface area contributed by atoms with E-state index >= 15 is 0 Å². The highest BCUT2D eigenvalue weighted by Gasteiger charge is 2.35. The first-order valence-corrected chi connectivity index (χ1v) is 11.9. The molecule has 4 rings (SSSR count). The molecule has 0 bridgehead atoms. The predicted molar refractivity (Wildman–Crippen MR) is 124 cm³/mol. The zero-order valence-corrected chi connectivity index (χ0v) is 20.3. The molecule has 2 heterocycles. The Bertz CT molecular complexity index is 1230. The van der Waals surface area contributed by atoms with Crippen LogP contribution in [0, 0.1) is 28.8 Å². The lowest BCUT2D eigenvalue weighted by Crippen LogP contribution is -2.48. The second-order valence-electron chi connectivity index (χ2n) is 7.93. The van der Waals surface area contributed by atoms with E-state index in [9.17, 15) is 18.4 Å². The second-order valence-corrected chi connectivity index (χ2v) is 9.51. The third kappa shape index (κ3) is 5.82. The molecule has 2 aromatic carbocycles. The first kappa shape index (κ1) is 25.5. The topological polar surface area (TPSA) is 69.3 Å². The number of hydrogen-bond donors (Lipinski definition) is 0. The van der Waals surface area contributed by atoms with Gasteiger partial charge in [-0.05, 0) is 42.8 Å². The average molecular weight is 524 g/mol. The van der Waals surface area contributed by atoms with Crippen molar-refractivity contribution >= 4 is 23.4 Å². The number of aromatic nitrogens is 2. The minimum Gasteiger partial charge on any atom is -0.376 e. The molecule has 0 spiro atoms. The molecule has 3 unspecified atom stereocenters. The van der Waals surface area contributed by atoms with E-state index in [0.29, 0.717) is 27.7 Å². The summed E-state index contributed by atoms with van der Waals surface area (Å²) in [7, 11) is 1.53. The smallest absolute Gasteiger partial charge is 0.194 e. The molecule has 0 saturated carbocycles. The zero-order valence-electron chi connectivity index (χ0n) is 18.8. The van der Waals surface area contributed by atoms with E-state index in [4.69, 9.17) is 25.8 Å². The Hall–Kier alpha value is -2.55. The SMILES string of the molecule is CO[C@@H](Cn1cc(-c2cc(F)c(F)c(F)c2)cn1)C(OC1COC1C)Sc1cc(Cl)ccc1C#N. The standard InChI is InChI=1S/C24H21ClF3N3O3S/c1-13-21(12-33-13)34-24(35-22-7-17(25)4-3-14(22)8-29)20(32-2)11-31-10-16(9-30-31)15-5-18(26)23(28)19(27)6-15/h3-7,9-10,13,20-21,24H,11-12H2,1-2H3/t13?,20-,21?,24?/m0/s1. The first-order valence-electron chi connectivity index (χ1n) is 10.6. The zero-order chi connectivity index (χ0) is 25.1. The molecule has 1 aliphatic heterocycles. The quantitative estimate of drug-likeness (QED) is 0.212. The molecule has 11 heteroatoms. The van der Waals surface area contributed by atoms with E-state index in [1.54, 1.807) is 29.1 Å². The van der Waals surface area contributed by atoms with Crippen molar-refractivity contribution in [2.45, 2.75) is 42.1 Å². The van der Waals surface area contributed by atoms with Gasteiger partial charge in [-0.25, -0.2) is 13.2 Å². The summed E-state index contributed by atoms with van der Waals surface area (Å²) < 4.78 is 59.6. The van der Waals surface area contributed by atoms with Crippen LogP contribution in [0.15, 0.2) is 47.6 Å². The van der Waals surface area contributed by atoms with Crippen LogP contribution in [0.4, 0.5) is 13.2 Å². The van der Waals surface area contributed by atoms with Crippen LogP contribution in [0.5, 0.6) is 0 Å². The van der Waals surface area contributed by atoms with Gasteiger partial charge in [0.2, 0.25) is 0 Å². The van der Waals surface area contributed by atoms with Crippen LogP contribution in [0.3, 0.4) is 0 Å². The largest absolute Gasteiger partial charge is 0.376 e. The molecule has 3 aromatic rings. The normalized spacial score (nSPS) is 19.1. The molecular weight excluding hydrogens is 503 g/mol. The summed E-state index contributed by atoms with van der Waals surface area (Å²) in [6.07, 6.45) is 2.22. The van der Waals surface area contributed by atoms with Gasteiger partial charge < -0.3 is 14.2 Å². The van der Waals surface area contributed by atoms with Gasteiger partial charge in [0, 0.05) is 28.8 Å². The van der Waals surface area contributed by atoms with Crippen LogP contribution in [0.1, 0.15) is 12.5 Å². The van der Waals surface area contributed by atoms with Crippen molar-refractivity contribution in [1.29, 1.82) is 5.26 Å². The minimum atomic E-state index is -1.52. The number of thioether (sulfide) groups is 1. The number of hydrogen-bond acceptors (Lipinski definition) is 6. The number of nitriles is 1. The highest BCUT2D eigenvalue weighted by Crippen LogP contribution is 2.35. The fourth-order valence-electron chi connectivity index (χ4n) is 3.48. The van der Waals surface area contributed by atoms with Crippen molar-refractivity contribution in [3.05, 3.63) is 70.8 Å². The van der Waals surface area contributed by atoms with Crippen LogP contribution in [0.25, 0.3) is 11.1 Å². The first-order chi connectivity index (χ1) is 16.8. The molecule has 1 aliphatic rings. The van der Waals surface area contributed by atoms with E-state index in [0.717, 1.165) is 12.1 Å². The molecule has 4 atom stereocenters. The molecular formula is C24H21ClF3N3O3S. The fraction of sp³-hybridized carbons (Fsp3) is 0.333. The van der Waals surface area contributed by atoms with Gasteiger partial charge in [0.1, 0.15) is 23.7 Å². The Morgan fingerprint density at radius 3 is 2.60 bits per heavy atom. The summed E-state index contributed by atoms with van der Waals surface area (Å²) in [6.45, 7) is 2.56. The summed E-state index contributed by atoms with van der Waals surface area (Å²) in [5.74, 6) is -4.08. The van der Waals surface area contributed by atoms with Crippen molar-refractivity contribution in [3.63, 3.8) is 0 Å². The Morgan fingerprint density at radius 2 is 2.00 bits per heavy atom. The minimum absolute atomic E-state index is 0.0926. The van der Waals surface area contributed by atoms with Gasteiger partial charge in [0.05, 0.1) is 31.0 Å².